The number of aliphatic hydroxyl groups excluding tert-OH is 1. The topological polar surface area (TPSA) is 66.8 Å². The van der Waals surface area contributed by atoms with Crippen molar-refractivity contribution in [1.82, 2.24) is 0 Å². The van der Waals surface area contributed by atoms with Gasteiger partial charge in [0.15, 0.2) is 0 Å². The third-order valence-electron chi connectivity index (χ3n) is 6.48. The predicted octanol–water partition coefficient (Wildman–Crippen LogP) is 8.43. The van der Waals surface area contributed by atoms with E-state index in [2.05, 4.69) is 85.7 Å². The molecular formula is C34H42O4. The van der Waals surface area contributed by atoms with Gasteiger partial charge in [0.1, 0.15) is 5.75 Å². The molecule has 0 aromatic heterocycles. The molecule has 0 spiro atoms. The van der Waals surface area contributed by atoms with Crippen molar-refractivity contribution < 1.29 is 19.7 Å². The minimum atomic E-state index is -0.962. The van der Waals surface area contributed by atoms with Crippen LogP contribution in [0.3, 0.4) is 0 Å². The van der Waals surface area contributed by atoms with Gasteiger partial charge in [0, 0.05) is 5.56 Å². The summed E-state index contributed by atoms with van der Waals surface area (Å²) in [6.45, 7) is 18.0. The first kappa shape index (κ1) is 29.2. The number of rotatable bonds is 8. The average molecular weight is 515 g/mol. The number of carboxylic acid groups (broad SMARTS) is 1. The van der Waals surface area contributed by atoms with E-state index < -0.39 is 12.1 Å². The van der Waals surface area contributed by atoms with Gasteiger partial charge < -0.3 is 14.9 Å². The third-order valence-corrected chi connectivity index (χ3v) is 6.48. The van der Waals surface area contributed by atoms with E-state index in [9.17, 15) is 9.90 Å². The number of ether oxygens (including phenoxy) is 1. The zero-order chi connectivity index (χ0) is 28.3. The van der Waals surface area contributed by atoms with Crippen LogP contribution >= 0.6 is 0 Å². The lowest BCUT2D eigenvalue weighted by molar-refractivity contribution is 0.0697. The lowest BCUT2D eigenvalue weighted by Crippen LogP contribution is -2.17. The maximum absolute atomic E-state index is 11.2. The van der Waals surface area contributed by atoms with Crippen molar-refractivity contribution in [3.63, 3.8) is 0 Å². The van der Waals surface area contributed by atoms with Crippen LogP contribution in [0, 0.1) is 5.92 Å². The van der Waals surface area contributed by atoms with Gasteiger partial charge in [-0.15, -0.1) is 0 Å². The Kier molecular flexibility index (Phi) is 8.89. The molecule has 3 aromatic rings. The Bertz CT molecular complexity index is 1270. The summed E-state index contributed by atoms with van der Waals surface area (Å²) in [5.41, 5.74) is 6.17. The summed E-state index contributed by atoms with van der Waals surface area (Å²) < 4.78 is 6.36. The smallest absolute Gasteiger partial charge is 0.335 e. The van der Waals surface area contributed by atoms with E-state index in [0.29, 0.717) is 12.5 Å². The largest absolute Gasteiger partial charge is 0.493 e. The molecule has 1 atom stereocenters. The van der Waals surface area contributed by atoms with Crippen LogP contribution in [0.15, 0.2) is 66.7 Å². The van der Waals surface area contributed by atoms with Crippen LogP contribution < -0.4 is 4.74 Å². The summed E-state index contributed by atoms with van der Waals surface area (Å²) in [7, 11) is 0. The van der Waals surface area contributed by atoms with Crippen molar-refractivity contribution in [2.45, 2.75) is 72.3 Å². The normalized spacial score (nSPS) is 13.2. The number of hydrogen-bond acceptors (Lipinski definition) is 3. The number of hydrogen-bond donors (Lipinski definition) is 2. The van der Waals surface area contributed by atoms with Crippen molar-refractivity contribution in [1.29, 1.82) is 0 Å². The Balaban J connectivity index is 2.10. The molecule has 202 valence electrons. The minimum absolute atomic E-state index is 0.0580. The standard InChI is InChI=1S/C34H42O4/c1-22(2)21-38-30-20-26(29(35)18-11-23-9-12-25(13-10-23)32(36)37)19-28(31(30)34(6,7)8)24-14-16-27(17-15-24)33(3,4)5/h9-20,22,29,35H,21H2,1-8H3,(H,36,37)/b18-11+. The fraction of sp³-hybridized carbons (Fsp3) is 0.382. The van der Waals surface area contributed by atoms with Crippen molar-refractivity contribution in [2.75, 3.05) is 6.61 Å². The monoisotopic (exact) mass is 514 g/mol. The quantitative estimate of drug-likeness (QED) is 0.317. The second-order valence-electron chi connectivity index (χ2n) is 12.5. The summed E-state index contributed by atoms with van der Waals surface area (Å²) in [6, 6.07) is 19.3. The summed E-state index contributed by atoms with van der Waals surface area (Å²) in [5.74, 6) is 0.188. The molecule has 4 heteroatoms. The average Bonchev–Trinajstić information content (AvgIpc) is 2.84. The van der Waals surface area contributed by atoms with Crippen LogP contribution in [0.25, 0.3) is 17.2 Å². The third kappa shape index (κ3) is 7.35. The Hall–Kier alpha value is -3.37. The highest BCUT2D eigenvalue weighted by Crippen LogP contribution is 2.42. The fourth-order valence-electron chi connectivity index (χ4n) is 4.38. The summed E-state index contributed by atoms with van der Waals surface area (Å²) >= 11 is 0. The number of aromatic carboxylic acids is 1. The Morgan fingerprint density at radius 3 is 2.00 bits per heavy atom. The Morgan fingerprint density at radius 1 is 0.895 bits per heavy atom. The van der Waals surface area contributed by atoms with Crippen molar-refractivity contribution in [3.8, 4) is 16.9 Å². The molecule has 0 aliphatic heterocycles. The number of carboxylic acids is 1. The first-order chi connectivity index (χ1) is 17.7. The predicted molar refractivity (Wildman–Crippen MR) is 157 cm³/mol. The van der Waals surface area contributed by atoms with Crippen molar-refractivity contribution in [3.05, 3.63) is 94.6 Å². The van der Waals surface area contributed by atoms with E-state index in [-0.39, 0.29) is 16.4 Å². The van der Waals surface area contributed by atoms with Crippen LogP contribution in [0.2, 0.25) is 0 Å². The Labute approximate surface area is 228 Å². The molecule has 0 aliphatic carbocycles. The van der Waals surface area contributed by atoms with E-state index in [0.717, 1.165) is 33.6 Å². The molecular weight excluding hydrogens is 472 g/mol. The molecule has 38 heavy (non-hydrogen) atoms. The summed E-state index contributed by atoms with van der Waals surface area (Å²) in [5, 5.41) is 20.3. The van der Waals surface area contributed by atoms with Gasteiger partial charge in [-0.05, 0) is 68.8 Å². The van der Waals surface area contributed by atoms with Crippen LogP contribution in [0.4, 0.5) is 0 Å². The highest BCUT2D eigenvalue weighted by Gasteiger charge is 2.26. The molecule has 0 amide bonds. The molecule has 2 N–H and O–H groups in total. The maximum Gasteiger partial charge on any atom is 0.335 e. The molecule has 0 aliphatic rings. The molecule has 3 aromatic carbocycles. The highest BCUT2D eigenvalue weighted by atomic mass is 16.5. The van der Waals surface area contributed by atoms with E-state index in [1.807, 2.05) is 6.07 Å². The second kappa shape index (κ2) is 11.6. The zero-order valence-electron chi connectivity index (χ0n) is 24.0. The van der Waals surface area contributed by atoms with Gasteiger partial charge in [-0.25, -0.2) is 4.79 Å². The van der Waals surface area contributed by atoms with Crippen LogP contribution in [0.5, 0.6) is 5.75 Å². The van der Waals surface area contributed by atoms with Crippen molar-refractivity contribution >= 4 is 12.0 Å². The van der Waals surface area contributed by atoms with Crippen molar-refractivity contribution in [2.24, 2.45) is 5.92 Å². The molecule has 4 nitrogen and oxygen atoms in total. The SMILES string of the molecule is CC(C)COc1cc(C(O)/C=C/c2ccc(C(=O)O)cc2)cc(-c2ccc(C(C)(C)C)cc2)c1C(C)(C)C. The zero-order valence-corrected chi connectivity index (χ0v) is 24.0. The lowest BCUT2D eigenvalue weighted by Gasteiger charge is -2.28. The molecule has 1 unspecified atom stereocenters. The molecule has 0 saturated heterocycles. The van der Waals surface area contributed by atoms with Gasteiger partial charge in [-0.2, -0.15) is 0 Å². The molecule has 0 radical (unpaired) electrons. The molecule has 0 fully saturated rings. The van der Waals surface area contributed by atoms with Crippen LogP contribution in [-0.4, -0.2) is 22.8 Å². The molecule has 0 saturated carbocycles. The fourth-order valence-corrected chi connectivity index (χ4v) is 4.38. The molecule has 0 bridgehead atoms. The van der Waals surface area contributed by atoms with E-state index >= 15 is 0 Å². The molecule has 3 rings (SSSR count). The summed E-state index contributed by atoms with van der Waals surface area (Å²) in [6.07, 6.45) is 2.67. The van der Waals surface area contributed by atoms with Gasteiger partial charge in [0.25, 0.3) is 0 Å². The lowest BCUT2D eigenvalue weighted by atomic mass is 9.79. The van der Waals surface area contributed by atoms with Gasteiger partial charge in [-0.1, -0.05) is 104 Å². The Morgan fingerprint density at radius 2 is 1.50 bits per heavy atom. The first-order valence-corrected chi connectivity index (χ1v) is 13.3. The molecule has 0 heterocycles. The summed E-state index contributed by atoms with van der Waals surface area (Å²) in [4.78, 5) is 11.1. The number of carbonyl (C=O) groups is 1. The minimum Gasteiger partial charge on any atom is -0.493 e. The highest BCUT2D eigenvalue weighted by molar-refractivity contribution is 5.87. The van der Waals surface area contributed by atoms with Crippen LogP contribution in [0.1, 0.15) is 94.1 Å². The van der Waals surface area contributed by atoms with E-state index in [1.54, 1.807) is 36.4 Å². The van der Waals surface area contributed by atoms with Crippen LogP contribution in [-0.2, 0) is 10.8 Å². The number of benzene rings is 3. The number of aliphatic hydroxyl groups is 1. The van der Waals surface area contributed by atoms with Gasteiger partial charge >= 0.3 is 5.97 Å². The first-order valence-electron chi connectivity index (χ1n) is 13.3. The van der Waals surface area contributed by atoms with Gasteiger partial charge in [0.2, 0.25) is 0 Å². The second-order valence-corrected chi connectivity index (χ2v) is 12.5. The van der Waals surface area contributed by atoms with Gasteiger partial charge in [0.05, 0.1) is 18.3 Å². The van der Waals surface area contributed by atoms with E-state index in [1.165, 1.54) is 5.56 Å². The van der Waals surface area contributed by atoms with E-state index in [4.69, 9.17) is 9.84 Å². The maximum atomic E-state index is 11.2. The van der Waals surface area contributed by atoms with Gasteiger partial charge in [-0.3, -0.25) is 0 Å².